The maximum atomic E-state index is 10.9. The molecule has 1 aliphatic heterocycles. The molecule has 1 aliphatic rings. The van der Waals surface area contributed by atoms with E-state index in [1.165, 1.54) is 0 Å². The number of methoxy groups -OCH3 is 1. The highest BCUT2D eigenvalue weighted by Crippen LogP contribution is 2.11. The van der Waals surface area contributed by atoms with Crippen LogP contribution in [0.15, 0.2) is 0 Å². The average Bonchev–Trinajstić information content (AvgIpc) is 2.06. The topological polar surface area (TPSA) is 29.5 Å². The maximum Gasteiger partial charge on any atom is 0.222 e. The van der Waals surface area contributed by atoms with E-state index in [1.54, 1.807) is 7.11 Å². The van der Waals surface area contributed by atoms with Crippen LogP contribution in [0.4, 0.5) is 0 Å². The Kier molecular flexibility index (Phi) is 5.72. The van der Waals surface area contributed by atoms with Crippen LogP contribution >= 0.6 is 0 Å². The number of amides is 1. The maximum absolute atomic E-state index is 10.9. The van der Waals surface area contributed by atoms with Crippen LogP contribution in [0.2, 0.25) is 0 Å². The molecule has 0 aromatic rings. The molecule has 0 atom stereocenters. The number of ether oxygens (including phenoxy) is 1. The molecule has 0 radical (unpaired) electrons. The molecule has 12 heavy (non-hydrogen) atoms. The third-order valence-electron chi connectivity index (χ3n) is 1.84. The van der Waals surface area contributed by atoms with Crippen molar-refractivity contribution in [2.45, 2.75) is 33.3 Å². The van der Waals surface area contributed by atoms with E-state index in [9.17, 15) is 4.79 Å². The van der Waals surface area contributed by atoms with Crippen molar-refractivity contribution in [2.24, 2.45) is 0 Å². The van der Waals surface area contributed by atoms with Gasteiger partial charge in [-0.05, 0) is 0 Å². The Morgan fingerprint density at radius 2 is 2.00 bits per heavy atom. The zero-order chi connectivity index (χ0) is 9.56. The molecular formula is C9H19NO2. The van der Waals surface area contributed by atoms with Gasteiger partial charge in [0.15, 0.2) is 0 Å². The largest absolute Gasteiger partial charge is 0.378 e. The Balaban J connectivity index is 0.000000561. The van der Waals surface area contributed by atoms with Gasteiger partial charge >= 0.3 is 0 Å². The van der Waals surface area contributed by atoms with Gasteiger partial charge in [-0.2, -0.15) is 0 Å². The monoisotopic (exact) mass is 173 g/mol. The molecule has 3 nitrogen and oxygen atoms in total. The lowest BCUT2D eigenvalue weighted by atomic mass is 10.1. The van der Waals surface area contributed by atoms with Crippen LogP contribution in [0.5, 0.6) is 0 Å². The van der Waals surface area contributed by atoms with E-state index in [0.29, 0.717) is 6.42 Å². The van der Waals surface area contributed by atoms with Crippen molar-refractivity contribution in [1.29, 1.82) is 0 Å². The number of rotatable bonds is 2. The quantitative estimate of drug-likeness (QED) is 0.629. The lowest BCUT2D eigenvalue weighted by Crippen LogP contribution is -2.54. The second-order valence-corrected chi connectivity index (χ2v) is 2.51. The van der Waals surface area contributed by atoms with Crippen molar-refractivity contribution in [3.63, 3.8) is 0 Å². The lowest BCUT2D eigenvalue weighted by Gasteiger charge is -2.37. The molecule has 0 aromatic carbocycles. The first-order valence-corrected chi connectivity index (χ1v) is 4.58. The standard InChI is InChI=1S/C7H13NO2.C2H6/c1-3-7(9)8-4-6(5-8)10-2;1-2/h6H,3-5H2,1-2H3;1-2H3. The highest BCUT2D eigenvalue weighted by atomic mass is 16.5. The van der Waals surface area contributed by atoms with E-state index in [0.717, 1.165) is 13.1 Å². The van der Waals surface area contributed by atoms with Crippen LogP contribution in [-0.4, -0.2) is 37.1 Å². The van der Waals surface area contributed by atoms with Gasteiger partial charge in [-0.15, -0.1) is 0 Å². The summed E-state index contributed by atoms with van der Waals surface area (Å²) >= 11 is 0. The van der Waals surface area contributed by atoms with Crippen molar-refractivity contribution in [3.8, 4) is 0 Å². The fourth-order valence-electron chi connectivity index (χ4n) is 1.01. The predicted molar refractivity (Wildman–Crippen MR) is 49.0 cm³/mol. The second-order valence-electron chi connectivity index (χ2n) is 2.51. The normalized spacial score (nSPS) is 16.2. The summed E-state index contributed by atoms with van der Waals surface area (Å²) in [5.74, 6) is 0.230. The van der Waals surface area contributed by atoms with Gasteiger partial charge in [0, 0.05) is 26.6 Å². The highest BCUT2D eigenvalue weighted by Gasteiger charge is 2.28. The number of hydrogen-bond acceptors (Lipinski definition) is 2. The molecule has 1 saturated heterocycles. The number of likely N-dealkylation sites (tertiary alicyclic amines) is 1. The fraction of sp³-hybridized carbons (Fsp3) is 0.889. The molecule has 3 heteroatoms. The van der Waals surface area contributed by atoms with Gasteiger partial charge in [0.2, 0.25) is 5.91 Å². The Hall–Kier alpha value is -0.570. The van der Waals surface area contributed by atoms with Crippen LogP contribution in [0.1, 0.15) is 27.2 Å². The van der Waals surface area contributed by atoms with E-state index in [4.69, 9.17) is 4.74 Å². The van der Waals surface area contributed by atoms with Crippen molar-refractivity contribution in [1.82, 2.24) is 4.90 Å². The fourth-order valence-corrected chi connectivity index (χ4v) is 1.01. The molecular weight excluding hydrogens is 154 g/mol. The van der Waals surface area contributed by atoms with E-state index in [1.807, 2.05) is 25.7 Å². The van der Waals surface area contributed by atoms with Crippen LogP contribution in [0, 0.1) is 0 Å². The van der Waals surface area contributed by atoms with Crippen LogP contribution in [-0.2, 0) is 9.53 Å². The Labute approximate surface area is 74.7 Å². The Bertz CT molecular complexity index is 130. The minimum atomic E-state index is 0.230. The molecule has 1 amide bonds. The van der Waals surface area contributed by atoms with Crippen LogP contribution < -0.4 is 0 Å². The minimum Gasteiger partial charge on any atom is -0.378 e. The third kappa shape index (κ3) is 2.81. The molecule has 0 aromatic heterocycles. The van der Waals surface area contributed by atoms with Gasteiger partial charge in [-0.1, -0.05) is 20.8 Å². The van der Waals surface area contributed by atoms with E-state index < -0.39 is 0 Å². The lowest BCUT2D eigenvalue weighted by molar-refractivity contribution is -0.142. The smallest absolute Gasteiger partial charge is 0.222 e. The van der Waals surface area contributed by atoms with Gasteiger partial charge in [0.25, 0.3) is 0 Å². The van der Waals surface area contributed by atoms with Crippen molar-refractivity contribution in [2.75, 3.05) is 20.2 Å². The molecule has 0 aliphatic carbocycles. The summed E-state index contributed by atoms with van der Waals surface area (Å²) in [6.07, 6.45) is 0.895. The summed E-state index contributed by atoms with van der Waals surface area (Å²) < 4.78 is 5.02. The molecule has 0 saturated carbocycles. The van der Waals surface area contributed by atoms with Crippen molar-refractivity contribution >= 4 is 5.91 Å². The van der Waals surface area contributed by atoms with Gasteiger partial charge in [-0.25, -0.2) is 0 Å². The van der Waals surface area contributed by atoms with E-state index in [-0.39, 0.29) is 12.0 Å². The van der Waals surface area contributed by atoms with E-state index in [2.05, 4.69) is 0 Å². The van der Waals surface area contributed by atoms with Gasteiger partial charge in [-0.3, -0.25) is 4.79 Å². The number of carbonyl (C=O) groups excluding carboxylic acids is 1. The zero-order valence-electron chi connectivity index (χ0n) is 8.46. The third-order valence-corrected chi connectivity index (χ3v) is 1.84. The summed E-state index contributed by atoms with van der Waals surface area (Å²) in [6.45, 7) is 7.44. The first-order valence-electron chi connectivity index (χ1n) is 4.58. The van der Waals surface area contributed by atoms with E-state index >= 15 is 0 Å². The highest BCUT2D eigenvalue weighted by molar-refractivity contribution is 5.76. The summed E-state index contributed by atoms with van der Waals surface area (Å²) in [6, 6.07) is 0. The first kappa shape index (κ1) is 11.4. The first-order chi connectivity index (χ1) is 5.77. The number of carbonyl (C=O) groups is 1. The molecule has 1 heterocycles. The summed E-state index contributed by atoms with van der Waals surface area (Å²) in [5, 5.41) is 0. The molecule has 72 valence electrons. The molecule has 1 rings (SSSR count). The SMILES string of the molecule is CC.CCC(=O)N1CC(OC)C1. The Morgan fingerprint density at radius 1 is 1.50 bits per heavy atom. The molecule has 0 N–H and O–H groups in total. The minimum absolute atomic E-state index is 0.230. The van der Waals surface area contributed by atoms with Crippen LogP contribution in [0.25, 0.3) is 0 Å². The zero-order valence-corrected chi connectivity index (χ0v) is 8.46. The predicted octanol–water partition coefficient (Wildman–Crippen LogP) is 1.28. The Morgan fingerprint density at radius 3 is 2.33 bits per heavy atom. The molecule has 0 unspecified atom stereocenters. The summed E-state index contributed by atoms with van der Waals surface area (Å²) in [7, 11) is 1.68. The average molecular weight is 173 g/mol. The molecule has 0 spiro atoms. The van der Waals surface area contributed by atoms with Gasteiger partial charge < -0.3 is 9.64 Å². The summed E-state index contributed by atoms with van der Waals surface area (Å²) in [4.78, 5) is 12.7. The van der Waals surface area contributed by atoms with Gasteiger partial charge in [0.1, 0.15) is 0 Å². The number of hydrogen-bond donors (Lipinski definition) is 0. The summed E-state index contributed by atoms with van der Waals surface area (Å²) in [5.41, 5.74) is 0. The number of nitrogens with zero attached hydrogens (tertiary/aromatic N) is 1. The molecule has 0 bridgehead atoms. The molecule has 1 fully saturated rings. The second kappa shape index (κ2) is 6.00. The van der Waals surface area contributed by atoms with Crippen molar-refractivity contribution in [3.05, 3.63) is 0 Å². The van der Waals surface area contributed by atoms with Gasteiger partial charge in [0.05, 0.1) is 6.10 Å². The van der Waals surface area contributed by atoms with Crippen molar-refractivity contribution < 1.29 is 9.53 Å². The van der Waals surface area contributed by atoms with Crippen LogP contribution in [0.3, 0.4) is 0 Å².